The molecule has 0 aliphatic carbocycles. The molecule has 80 valence electrons. The van der Waals surface area contributed by atoms with Crippen molar-refractivity contribution >= 4 is 11.5 Å². The fourth-order valence-corrected chi connectivity index (χ4v) is 1.87. The molecule has 1 atom stereocenters. The number of ether oxygens (including phenoxy) is 1. The summed E-state index contributed by atoms with van der Waals surface area (Å²) in [7, 11) is 0. The number of carbonyl (C=O) groups excluding carboxylic acids is 1. The Morgan fingerprint density at radius 1 is 1.53 bits per heavy atom. The number of nitrogens with one attached hydrogen (secondary N) is 1. The van der Waals surface area contributed by atoms with E-state index in [4.69, 9.17) is 4.74 Å². The van der Waals surface area contributed by atoms with E-state index in [0.29, 0.717) is 13.2 Å². The maximum absolute atomic E-state index is 11.8. The van der Waals surface area contributed by atoms with Gasteiger partial charge in [0.05, 0.1) is 5.92 Å². The van der Waals surface area contributed by atoms with E-state index >= 15 is 0 Å². The van der Waals surface area contributed by atoms with Crippen LogP contribution in [0.3, 0.4) is 0 Å². The lowest BCUT2D eigenvalue weighted by Crippen LogP contribution is -2.19. The minimum atomic E-state index is -0.0345. The van der Waals surface area contributed by atoms with Crippen LogP contribution in [0.4, 0.5) is 5.69 Å². The third kappa shape index (κ3) is 2.02. The molecular formula is C12H15NO2. The predicted molar refractivity (Wildman–Crippen MR) is 59.2 cm³/mol. The Balaban J connectivity index is 2.10. The fourth-order valence-electron chi connectivity index (χ4n) is 1.87. The summed E-state index contributed by atoms with van der Waals surface area (Å²) >= 11 is 0. The molecule has 3 nitrogen and oxygen atoms in total. The molecule has 1 aliphatic rings. The van der Waals surface area contributed by atoms with Gasteiger partial charge in [0.1, 0.15) is 6.61 Å². The van der Waals surface area contributed by atoms with E-state index in [2.05, 4.69) is 5.32 Å². The smallest absolute Gasteiger partial charge is 0.167 e. The highest BCUT2D eigenvalue weighted by Gasteiger charge is 2.27. The first kappa shape index (κ1) is 10.2. The maximum atomic E-state index is 11.8. The Bertz CT molecular complexity index is 362. The molecule has 3 heteroatoms. The quantitative estimate of drug-likeness (QED) is 0.814. The number of hydrogen-bond acceptors (Lipinski definition) is 3. The monoisotopic (exact) mass is 205 g/mol. The second kappa shape index (κ2) is 4.45. The van der Waals surface area contributed by atoms with Crippen LogP contribution in [0.5, 0.6) is 0 Å². The van der Waals surface area contributed by atoms with Crippen molar-refractivity contribution in [2.75, 3.05) is 25.1 Å². The summed E-state index contributed by atoms with van der Waals surface area (Å²) in [6, 6.07) is 7.95. The Labute approximate surface area is 89.4 Å². The van der Waals surface area contributed by atoms with Gasteiger partial charge >= 0.3 is 0 Å². The average Bonchev–Trinajstić information content (AvgIpc) is 2.69. The van der Waals surface area contributed by atoms with Crippen molar-refractivity contribution in [1.29, 1.82) is 0 Å². The Morgan fingerprint density at radius 3 is 3.13 bits per heavy atom. The zero-order valence-electron chi connectivity index (χ0n) is 8.82. The molecule has 1 N–H and O–H groups in total. The van der Waals surface area contributed by atoms with Gasteiger partial charge in [-0.25, -0.2) is 0 Å². The van der Waals surface area contributed by atoms with Gasteiger partial charge in [0, 0.05) is 18.8 Å². The van der Waals surface area contributed by atoms with E-state index in [1.165, 1.54) is 0 Å². The van der Waals surface area contributed by atoms with E-state index in [0.717, 1.165) is 11.3 Å². The van der Waals surface area contributed by atoms with Gasteiger partial charge in [-0.3, -0.25) is 4.79 Å². The molecule has 0 fully saturated rings. The van der Waals surface area contributed by atoms with Crippen LogP contribution in [-0.2, 0) is 9.53 Å². The number of rotatable bonds is 4. The molecule has 0 spiro atoms. The molecular weight excluding hydrogens is 190 g/mol. The summed E-state index contributed by atoms with van der Waals surface area (Å²) < 4.78 is 5.15. The summed E-state index contributed by atoms with van der Waals surface area (Å²) in [5.41, 5.74) is 2.18. The van der Waals surface area contributed by atoms with Gasteiger partial charge in [0.2, 0.25) is 0 Å². The number of ketones is 1. The normalized spacial score (nSPS) is 18.3. The van der Waals surface area contributed by atoms with E-state index in [1.54, 1.807) is 0 Å². The summed E-state index contributed by atoms with van der Waals surface area (Å²) in [6.45, 7) is 3.41. The van der Waals surface area contributed by atoms with Crippen LogP contribution in [0.2, 0.25) is 0 Å². The molecule has 1 aromatic carbocycles. The molecule has 0 amide bonds. The highest BCUT2D eigenvalue weighted by Crippen LogP contribution is 2.31. The molecule has 1 aliphatic heterocycles. The van der Waals surface area contributed by atoms with Gasteiger partial charge in [-0.05, 0) is 18.6 Å². The molecule has 0 radical (unpaired) electrons. The lowest BCUT2D eigenvalue weighted by atomic mass is 9.97. The lowest BCUT2D eigenvalue weighted by molar-refractivity contribution is -0.124. The van der Waals surface area contributed by atoms with Crippen LogP contribution in [0.1, 0.15) is 18.4 Å². The van der Waals surface area contributed by atoms with Crippen molar-refractivity contribution in [1.82, 2.24) is 0 Å². The maximum Gasteiger partial charge on any atom is 0.167 e. The van der Waals surface area contributed by atoms with Gasteiger partial charge in [0.15, 0.2) is 5.78 Å². The van der Waals surface area contributed by atoms with Crippen molar-refractivity contribution in [3.05, 3.63) is 29.8 Å². The predicted octanol–water partition coefficient (Wildman–Crippen LogP) is 1.80. The number of para-hydroxylation sites is 1. The van der Waals surface area contributed by atoms with E-state index < -0.39 is 0 Å². The van der Waals surface area contributed by atoms with Crippen LogP contribution in [0.15, 0.2) is 24.3 Å². The van der Waals surface area contributed by atoms with Crippen molar-refractivity contribution in [3.8, 4) is 0 Å². The summed E-state index contributed by atoms with van der Waals surface area (Å²) in [5.74, 6) is 0.127. The average molecular weight is 205 g/mol. The molecule has 15 heavy (non-hydrogen) atoms. The zero-order chi connectivity index (χ0) is 10.7. The number of benzene rings is 1. The van der Waals surface area contributed by atoms with Crippen LogP contribution in [0.25, 0.3) is 0 Å². The highest BCUT2D eigenvalue weighted by molar-refractivity contribution is 5.90. The molecule has 1 heterocycles. The molecule has 0 saturated heterocycles. The largest absolute Gasteiger partial charge is 0.384 e. The molecule has 1 unspecified atom stereocenters. The number of fused-ring (bicyclic) bond motifs is 1. The van der Waals surface area contributed by atoms with Gasteiger partial charge in [-0.2, -0.15) is 0 Å². The Hall–Kier alpha value is -1.35. The van der Waals surface area contributed by atoms with Crippen LogP contribution in [0, 0.1) is 0 Å². The molecule has 0 bridgehead atoms. The van der Waals surface area contributed by atoms with Gasteiger partial charge in [-0.15, -0.1) is 0 Å². The Kier molecular flexibility index (Phi) is 3.02. The van der Waals surface area contributed by atoms with Gasteiger partial charge in [-0.1, -0.05) is 18.2 Å². The number of anilines is 1. The number of Topliss-reactive ketones (excluding diaryl/α,β-unsaturated/α-hetero) is 1. The second-order valence-corrected chi connectivity index (χ2v) is 3.62. The van der Waals surface area contributed by atoms with E-state index in [-0.39, 0.29) is 18.3 Å². The number of hydrogen-bond donors (Lipinski definition) is 1. The van der Waals surface area contributed by atoms with Crippen molar-refractivity contribution in [2.45, 2.75) is 12.8 Å². The molecule has 1 aromatic rings. The van der Waals surface area contributed by atoms with Gasteiger partial charge in [0.25, 0.3) is 0 Å². The highest BCUT2D eigenvalue weighted by atomic mass is 16.5. The second-order valence-electron chi connectivity index (χ2n) is 3.62. The summed E-state index contributed by atoms with van der Waals surface area (Å²) in [5, 5.41) is 3.23. The van der Waals surface area contributed by atoms with Crippen LogP contribution in [-0.4, -0.2) is 25.5 Å². The summed E-state index contributed by atoms with van der Waals surface area (Å²) in [6.07, 6.45) is 0. The number of carbonyl (C=O) groups is 1. The first-order valence-corrected chi connectivity index (χ1v) is 5.26. The molecule has 0 aromatic heterocycles. The lowest BCUT2D eigenvalue weighted by Gasteiger charge is -2.08. The SMILES string of the molecule is CCOCC(=O)C1CNc2ccccc21. The van der Waals surface area contributed by atoms with E-state index in [9.17, 15) is 4.79 Å². The Morgan fingerprint density at radius 2 is 2.33 bits per heavy atom. The van der Waals surface area contributed by atoms with Crippen LogP contribution < -0.4 is 5.32 Å². The van der Waals surface area contributed by atoms with Gasteiger partial charge < -0.3 is 10.1 Å². The first-order valence-electron chi connectivity index (χ1n) is 5.26. The third-order valence-corrected chi connectivity index (χ3v) is 2.67. The third-order valence-electron chi connectivity index (χ3n) is 2.67. The summed E-state index contributed by atoms with van der Waals surface area (Å²) in [4.78, 5) is 11.8. The molecule has 0 saturated carbocycles. The van der Waals surface area contributed by atoms with Crippen molar-refractivity contribution < 1.29 is 9.53 Å². The molecule has 2 rings (SSSR count). The van der Waals surface area contributed by atoms with Crippen molar-refractivity contribution in [3.63, 3.8) is 0 Å². The minimum absolute atomic E-state index is 0.0345. The minimum Gasteiger partial charge on any atom is -0.384 e. The van der Waals surface area contributed by atoms with Crippen LogP contribution >= 0.6 is 0 Å². The first-order chi connectivity index (χ1) is 7.33. The van der Waals surface area contributed by atoms with E-state index in [1.807, 2.05) is 31.2 Å². The topological polar surface area (TPSA) is 38.3 Å². The fraction of sp³-hybridized carbons (Fsp3) is 0.417. The van der Waals surface area contributed by atoms with Crippen molar-refractivity contribution in [2.24, 2.45) is 0 Å². The standard InChI is InChI=1S/C12H15NO2/c1-2-15-8-12(14)10-7-13-11-6-4-3-5-9(10)11/h3-6,10,13H,2,7-8H2,1H3. The zero-order valence-corrected chi connectivity index (χ0v) is 8.82.